The van der Waals surface area contributed by atoms with Gasteiger partial charge in [0.05, 0.1) is 10.9 Å². The summed E-state index contributed by atoms with van der Waals surface area (Å²) in [4.78, 5) is 26.0. The van der Waals surface area contributed by atoms with Crippen LogP contribution in [-0.2, 0) is 4.79 Å². The van der Waals surface area contributed by atoms with Crippen LogP contribution in [0.4, 0.5) is 0 Å². The number of halogens is 1. The lowest BCUT2D eigenvalue weighted by molar-refractivity contribution is -0.142. The number of hydrogen-bond acceptors (Lipinski definition) is 2. The fraction of sp³-hybridized carbons (Fsp3) is 0.600. The molecular weight excluding hydrogens is 292 g/mol. The maximum absolute atomic E-state index is 12.9. The molecule has 112 valence electrons. The first kappa shape index (κ1) is 13.2. The number of fused-ring (bicyclic) bond motifs is 2. The number of carboxylic acid groups (broad SMARTS) is 1. The third-order valence-corrected chi connectivity index (χ3v) is 5.27. The molecule has 5 nitrogen and oxygen atoms in total. The molecule has 1 aliphatic carbocycles. The van der Waals surface area contributed by atoms with Crippen molar-refractivity contribution in [1.82, 2.24) is 9.47 Å². The predicted octanol–water partition coefficient (Wildman–Crippen LogP) is 2.55. The molecule has 1 amide bonds. The fourth-order valence-corrected chi connectivity index (χ4v) is 4.18. The highest BCUT2D eigenvalue weighted by molar-refractivity contribution is 6.31. The first-order valence-corrected chi connectivity index (χ1v) is 7.87. The van der Waals surface area contributed by atoms with Gasteiger partial charge in [-0.05, 0) is 38.2 Å². The Balaban J connectivity index is 1.65. The quantitative estimate of drug-likeness (QED) is 0.933. The van der Waals surface area contributed by atoms with Gasteiger partial charge in [0.2, 0.25) is 0 Å². The monoisotopic (exact) mass is 308 g/mol. The van der Waals surface area contributed by atoms with E-state index in [1.807, 2.05) is 15.7 Å². The number of hydrogen-bond donors (Lipinski definition) is 1. The lowest BCUT2D eigenvalue weighted by Crippen LogP contribution is -2.38. The SMILES string of the molecule is O=C(O)C1CC2CCC1N2C(=O)c1cc(Cl)cn1C1CC1. The van der Waals surface area contributed by atoms with Crippen molar-refractivity contribution in [2.24, 2.45) is 5.92 Å². The van der Waals surface area contributed by atoms with Crippen LogP contribution in [-0.4, -0.2) is 38.5 Å². The van der Waals surface area contributed by atoms with E-state index in [-0.39, 0.29) is 18.0 Å². The summed E-state index contributed by atoms with van der Waals surface area (Å²) in [6.07, 6.45) is 6.28. The van der Waals surface area contributed by atoms with Gasteiger partial charge in [0, 0.05) is 24.3 Å². The minimum Gasteiger partial charge on any atom is -0.481 e. The highest BCUT2D eigenvalue weighted by Gasteiger charge is 2.52. The molecule has 6 heteroatoms. The minimum absolute atomic E-state index is 0.0509. The second kappa shape index (κ2) is 4.50. The second-order valence-electron chi connectivity index (χ2n) is 6.37. The highest BCUT2D eigenvalue weighted by atomic mass is 35.5. The Morgan fingerprint density at radius 1 is 1.19 bits per heavy atom. The van der Waals surface area contributed by atoms with Gasteiger partial charge in [-0.3, -0.25) is 9.59 Å². The number of aliphatic carboxylic acids is 1. The topological polar surface area (TPSA) is 62.5 Å². The number of amides is 1. The molecule has 0 spiro atoms. The van der Waals surface area contributed by atoms with Crippen LogP contribution in [0.15, 0.2) is 12.3 Å². The first-order chi connectivity index (χ1) is 10.1. The lowest BCUT2D eigenvalue weighted by Gasteiger charge is -2.23. The number of carbonyl (C=O) groups excluding carboxylic acids is 1. The van der Waals surface area contributed by atoms with Crippen LogP contribution < -0.4 is 0 Å². The fourth-order valence-electron chi connectivity index (χ4n) is 3.97. The van der Waals surface area contributed by atoms with Crippen molar-refractivity contribution < 1.29 is 14.7 Å². The number of nitrogens with zero attached hydrogens (tertiary/aromatic N) is 2. The Labute approximate surface area is 127 Å². The van der Waals surface area contributed by atoms with Crippen LogP contribution >= 0.6 is 11.6 Å². The maximum Gasteiger partial charge on any atom is 0.308 e. The lowest BCUT2D eigenvalue weighted by atomic mass is 9.89. The predicted molar refractivity (Wildman–Crippen MR) is 76.4 cm³/mol. The van der Waals surface area contributed by atoms with Gasteiger partial charge in [-0.25, -0.2) is 0 Å². The van der Waals surface area contributed by atoms with Crippen LogP contribution in [0, 0.1) is 5.92 Å². The molecule has 21 heavy (non-hydrogen) atoms. The van der Waals surface area contributed by atoms with E-state index in [0.717, 1.165) is 25.7 Å². The normalized spacial score (nSPS) is 30.9. The molecular formula is C15H17ClN2O3. The van der Waals surface area contributed by atoms with Gasteiger partial charge in [0.1, 0.15) is 5.69 Å². The van der Waals surface area contributed by atoms with Crippen LogP contribution in [0.25, 0.3) is 0 Å². The molecule has 2 aliphatic heterocycles. The van der Waals surface area contributed by atoms with Crippen LogP contribution in [0.1, 0.15) is 48.6 Å². The van der Waals surface area contributed by atoms with E-state index in [9.17, 15) is 14.7 Å². The highest BCUT2D eigenvalue weighted by Crippen LogP contribution is 2.44. The third-order valence-electron chi connectivity index (χ3n) is 5.06. The zero-order valence-corrected chi connectivity index (χ0v) is 12.3. The third kappa shape index (κ3) is 1.98. The largest absolute Gasteiger partial charge is 0.481 e. The standard InChI is InChI=1S/C15H17ClN2O3/c16-8-5-13(17(7-8)9-1-2-9)14(19)18-10-3-4-12(18)11(6-10)15(20)21/h5,7,9-12H,1-4,6H2,(H,20,21). The second-order valence-corrected chi connectivity index (χ2v) is 6.81. The summed E-state index contributed by atoms with van der Waals surface area (Å²) in [5, 5.41) is 9.87. The Kier molecular flexibility index (Phi) is 2.83. The van der Waals surface area contributed by atoms with Crippen molar-refractivity contribution in [3.05, 3.63) is 23.0 Å². The molecule has 0 aromatic carbocycles. The van der Waals surface area contributed by atoms with Gasteiger partial charge in [0.15, 0.2) is 0 Å². The molecule has 3 unspecified atom stereocenters. The van der Waals surface area contributed by atoms with Gasteiger partial charge in [0.25, 0.3) is 5.91 Å². The van der Waals surface area contributed by atoms with Crippen molar-refractivity contribution >= 4 is 23.5 Å². The summed E-state index contributed by atoms with van der Waals surface area (Å²) in [7, 11) is 0. The van der Waals surface area contributed by atoms with Gasteiger partial charge in [-0.15, -0.1) is 0 Å². The smallest absolute Gasteiger partial charge is 0.308 e. The molecule has 2 saturated heterocycles. The molecule has 4 rings (SSSR count). The summed E-state index contributed by atoms with van der Waals surface area (Å²) in [6, 6.07) is 2.02. The molecule has 1 N–H and O–H groups in total. The Morgan fingerprint density at radius 3 is 2.52 bits per heavy atom. The summed E-state index contributed by atoms with van der Waals surface area (Å²) in [5.74, 6) is -1.24. The first-order valence-electron chi connectivity index (χ1n) is 7.49. The average Bonchev–Trinajstić information content (AvgIpc) is 2.97. The summed E-state index contributed by atoms with van der Waals surface area (Å²) >= 11 is 6.07. The molecule has 3 atom stereocenters. The molecule has 1 aromatic rings. The number of aromatic nitrogens is 1. The van der Waals surface area contributed by atoms with Gasteiger partial charge >= 0.3 is 5.97 Å². The number of rotatable bonds is 3. The van der Waals surface area contributed by atoms with Crippen LogP contribution in [0.5, 0.6) is 0 Å². The Hall–Kier alpha value is -1.49. The van der Waals surface area contributed by atoms with E-state index in [2.05, 4.69) is 0 Å². The molecule has 3 aliphatic rings. The minimum atomic E-state index is -0.782. The molecule has 3 heterocycles. The van der Waals surface area contributed by atoms with Crippen molar-refractivity contribution in [1.29, 1.82) is 0 Å². The van der Waals surface area contributed by atoms with Crippen molar-refractivity contribution in [3.8, 4) is 0 Å². The van der Waals surface area contributed by atoms with Gasteiger partial charge < -0.3 is 14.6 Å². The van der Waals surface area contributed by atoms with E-state index in [0.29, 0.717) is 23.2 Å². The number of carbonyl (C=O) groups is 2. The van der Waals surface area contributed by atoms with Crippen LogP contribution in [0.2, 0.25) is 5.02 Å². The van der Waals surface area contributed by atoms with E-state index in [4.69, 9.17) is 11.6 Å². The van der Waals surface area contributed by atoms with Crippen LogP contribution in [0.3, 0.4) is 0 Å². The summed E-state index contributed by atoms with van der Waals surface area (Å²) in [6.45, 7) is 0. The summed E-state index contributed by atoms with van der Waals surface area (Å²) in [5.41, 5.74) is 0.616. The zero-order chi connectivity index (χ0) is 14.7. The molecule has 2 bridgehead atoms. The zero-order valence-electron chi connectivity index (χ0n) is 11.5. The summed E-state index contributed by atoms with van der Waals surface area (Å²) < 4.78 is 1.97. The van der Waals surface area contributed by atoms with Gasteiger partial charge in [-0.2, -0.15) is 0 Å². The Bertz CT molecular complexity index is 622. The molecule has 3 fully saturated rings. The van der Waals surface area contributed by atoms with Crippen molar-refractivity contribution in [3.63, 3.8) is 0 Å². The molecule has 1 saturated carbocycles. The molecule has 1 aromatic heterocycles. The Morgan fingerprint density at radius 2 is 1.90 bits per heavy atom. The van der Waals surface area contributed by atoms with E-state index in [1.54, 1.807) is 6.07 Å². The maximum atomic E-state index is 12.9. The van der Waals surface area contributed by atoms with E-state index in [1.165, 1.54) is 0 Å². The van der Waals surface area contributed by atoms with E-state index < -0.39 is 11.9 Å². The van der Waals surface area contributed by atoms with Crippen molar-refractivity contribution in [2.75, 3.05) is 0 Å². The van der Waals surface area contributed by atoms with Gasteiger partial charge in [-0.1, -0.05) is 11.6 Å². The molecule has 0 radical (unpaired) electrons. The van der Waals surface area contributed by atoms with Crippen molar-refractivity contribution in [2.45, 2.75) is 50.2 Å². The number of carboxylic acids is 1. The van der Waals surface area contributed by atoms with E-state index >= 15 is 0 Å². The average molecular weight is 309 g/mol.